The number of hydrogen-bond donors (Lipinski definition) is 1. The second-order valence-corrected chi connectivity index (χ2v) is 4.62. The summed E-state index contributed by atoms with van der Waals surface area (Å²) in [4.78, 5) is 11.1. The SMILES string of the molecule is C=C(C)C(=O)OCC(CO)C(C)(C)C.CC. The summed E-state index contributed by atoms with van der Waals surface area (Å²) < 4.78 is 4.98. The number of hydrogen-bond acceptors (Lipinski definition) is 3. The highest BCUT2D eigenvalue weighted by Crippen LogP contribution is 2.25. The minimum Gasteiger partial charge on any atom is -0.462 e. The van der Waals surface area contributed by atoms with Crippen molar-refractivity contribution in [2.45, 2.75) is 41.5 Å². The third-order valence-corrected chi connectivity index (χ3v) is 2.21. The fourth-order valence-corrected chi connectivity index (χ4v) is 0.876. The van der Waals surface area contributed by atoms with E-state index < -0.39 is 5.97 Å². The fourth-order valence-electron chi connectivity index (χ4n) is 0.876. The molecule has 16 heavy (non-hydrogen) atoms. The van der Waals surface area contributed by atoms with E-state index in [-0.39, 0.29) is 24.5 Å². The Hall–Kier alpha value is -0.830. The highest BCUT2D eigenvalue weighted by Gasteiger charge is 2.25. The maximum absolute atomic E-state index is 11.1. The smallest absolute Gasteiger partial charge is 0.333 e. The normalized spacial score (nSPS) is 12.2. The number of carbonyl (C=O) groups excluding carboxylic acids is 1. The van der Waals surface area contributed by atoms with Crippen molar-refractivity contribution >= 4 is 5.97 Å². The van der Waals surface area contributed by atoms with Gasteiger partial charge in [-0.2, -0.15) is 0 Å². The maximum atomic E-state index is 11.1. The predicted molar refractivity (Wildman–Crippen MR) is 67.2 cm³/mol. The molecular formula is C13H26O3. The quantitative estimate of drug-likeness (QED) is 0.596. The summed E-state index contributed by atoms with van der Waals surface area (Å²) in [7, 11) is 0. The van der Waals surface area contributed by atoms with Crippen molar-refractivity contribution in [3.8, 4) is 0 Å². The van der Waals surface area contributed by atoms with Crippen LogP contribution in [0.15, 0.2) is 12.2 Å². The third kappa shape index (κ3) is 7.46. The van der Waals surface area contributed by atoms with Crippen LogP contribution in [0.1, 0.15) is 41.5 Å². The molecule has 0 radical (unpaired) electrons. The molecule has 0 fully saturated rings. The number of carbonyl (C=O) groups is 1. The molecule has 1 unspecified atom stereocenters. The van der Waals surface area contributed by atoms with Crippen LogP contribution in [0.4, 0.5) is 0 Å². The lowest BCUT2D eigenvalue weighted by Crippen LogP contribution is -2.29. The molecule has 0 aliphatic heterocycles. The van der Waals surface area contributed by atoms with Crippen molar-refractivity contribution in [2.75, 3.05) is 13.2 Å². The minimum atomic E-state index is -0.396. The van der Waals surface area contributed by atoms with Gasteiger partial charge < -0.3 is 9.84 Å². The zero-order chi connectivity index (χ0) is 13.4. The van der Waals surface area contributed by atoms with Gasteiger partial charge in [0.15, 0.2) is 0 Å². The summed E-state index contributed by atoms with van der Waals surface area (Å²) in [6.45, 7) is 15.4. The van der Waals surface area contributed by atoms with Crippen LogP contribution in [-0.2, 0) is 9.53 Å². The Labute approximate surface area is 99.5 Å². The summed E-state index contributed by atoms with van der Waals surface area (Å²) in [5.74, 6) is -0.432. The van der Waals surface area contributed by atoms with Gasteiger partial charge in [-0.15, -0.1) is 0 Å². The van der Waals surface area contributed by atoms with Crippen LogP contribution in [-0.4, -0.2) is 24.3 Å². The first-order valence-electron chi connectivity index (χ1n) is 5.72. The van der Waals surface area contributed by atoms with Crippen LogP contribution in [0.2, 0.25) is 0 Å². The largest absolute Gasteiger partial charge is 0.462 e. The zero-order valence-corrected chi connectivity index (χ0v) is 11.5. The van der Waals surface area contributed by atoms with E-state index in [1.165, 1.54) is 0 Å². The number of ether oxygens (including phenoxy) is 1. The first-order valence-corrected chi connectivity index (χ1v) is 5.72. The molecule has 0 aromatic carbocycles. The lowest BCUT2D eigenvalue weighted by atomic mass is 9.82. The van der Waals surface area contributed by atoms with E-state index in [2.05, 4.69) is 6.58 Å². The lowest BCUT2D eigenvalue weighted by Gasteiger charge is -2.28. The monoisotopic (exact) mass is 230 g/mol. The number of esters is 1. The standard InChI is InChI=1S/C11H20O3.C2H6/c1-8(2)10(13)14-7-9(6-12)11(3,4)5;1-2/h9,12H,1,6-7H2,2-5H3;1-2H3. The van der Waals surface area contributed by atoms with Gasteiger partial charge in [-0.25, -0.2) is 4.79 Å². The molecule has 1 atom stereocenters. The molecule has 3 heteroatoms. The van der Waals surface area contributed by atoms with E-state index in [4.69, 9.17) is 9.84 Å². The summed E-state index contributed by atoms with van der Waals surface area (Å²) in [5, 5.41) is 9.10. The van der Waals surface area contributed by atoms with Crippen molar-refractivity contribution < 1.29 is 14.6 Å². The molecule has 0 aliphatic rings. The van der Waals surface area contributed by atoms with Gasteiger partial charge >= 0.3 is 5.97 Å². The van der Waals surface area contributed by atoms with E-state index in [1.54, 1.807) is 6.92 Å². The van der Waals surface area contributed by atoms with Gasteiger partial charge in [0, 0.05) is 18.1 Å². The second-order valence-electron chi connectivity index (χ2n) is 4.62. The van der Waals surface area contributed by atoms with E-state index in [9.17, 15) is 4.79 Å². The first-order chi connectivity index (χ1) is 7.29. The topological polar surface area (TPSA) is 46.5 Å². The van der Waals surface area contributed by atoms with Crippen molar-refractivity contribution in [1.29, 1.82) is 0 Å². The Kier molecular flexibility index (Phi) is 9.15. The van der Waals surface area contributed by atoms with Gasteiger partial charge in [-0.1, -0.05) is 41.2 Å². The molecule has 0 spiro atoms. The average Bonchev–Trinajstić information content (AvgIpc) is 2.19. The molecule has 0 bridgehead atoms. The van der Waals surface area contributed by atoms with E-state index in [0.717, 1.165) is 0 Å². The molecule has 0 rings (SSSR count). The molecule has 1 N–H and O–H groups in total. The average molecular weight is 230 g/mol. The first kappa shape index (κ1) is 17.6. The highest BCUT2D eigenvalue weighted by atomic mass is 16.5. The van der Waals surface area contributed by atoms with Gasteiger partial charge in [-0.05, 0) is 12.3 Å². The molecule has 0 heterocycles. The summed E-state index contributed by atoms with van der Waals surface area (Å²) in [6, 6.07) is 0. The predicted octanol–water partition coefficient (Wildman–Crippen LogP) is 2.79. The van der Waals surface area contributed by atoms with Crippen LogP contribution in [0.5, 0.6) is 0 Å². The summed E-state index contributed by atoms with van der Waals surface area (Å²) >= 11 is 0. The summed E-state index contributed by atoms with van der Waals surface area (Å²) in [5.41, 5.74) is 0.319. The maximum Gasteiger partial charge on any atom is 0.333 e. The highest BCUT2D eigenvalue weighted by molar-refractivity contribution is 5.86. The van der Waals surface area contributed by atoms with Gasteiger partial charge in [0.2, 0.25) is 0 Å². The van der Waals surface area contributed by atoms with Gasteiger partial charge in [0.05, 0.1) is 6.61 Å². The van der Waals surface area contributed by atoms with Crippen molar-refractivity contribution in [3.63, 3.8) is 0 Å². The number of aliphatic hydroxyl groups excluding tert-OH is 1. The molecular weight excluding hydrogens is 204 g/mol. The van der Waals surface area contributed by atoms with Crippen molar-refractivity contribution in [2.24, 2.45) is 11.3 Å². The van der Waals surface area contributed by atoms with Gasteiger partial charge in [0.1, 0.15) is 0 Å². The van der Waals surface area contributed by atoms with Gasteiger partial charge in [0.25, 0.3) is 0 Å². The Morgan fingerprint density at radius 1 is 1.38 bits per heavy atom. The molecule has 0 saturated heterocycles. The number of aliphatic hydroxyl groups is 1. The lowest BCUT2D eigenvalue weighted by molar-refractivity contribution is -0.142. The van der Waals surface area contributed by atoms with Crippen molar-refractivity contribution in [1.82, 2.24) is 0 Å². The van der Waals surface area contributed by atoms with Crippen molar-refractivity contribution in [3.05, 3.63) is 12.2 Å². The Morgan fingerprint density at radius 3 is 2.06 bits per heavy atom. The zero-order valence-electron chi connectivity index (χ0n) is 11.5. The Balaban J connectivity index is 0. The molecule has 3 nitrogen and oxygen atoms in total. The minimum absolute atomic E-state index is 0.0208. The third-order valence-electron chi connectivity index (χ3n) is 2.21. The fraction of sp³-hybridized carbons (Fsp3) is 0.769. The van der Waals surface area contributed by atoms with E-state index in [0.29, 0.717) is 5.57 Å². The van der Waals surface area contributed by atoms with Crippen LogP contribution >= 0.6 is 0 Å². The molecule has 0 saturated carbocycles. The Morgan fingerprint density at radius 2 is 1.81 bits per heavy atom. The number of rotatable bonds is 4. The van der Waals surface area contributed by atoms with Crippen LogP contribution in [0, 0.1) is 11.3 Å². The second kappa shape index (κ2) is 8.34. The van der Waals surface area contributed by atoms with Crippen LogP contribution < -0.4 is 0 Å². The van der Waals surface area contributed by atoms with E-state index in [1.807, 2.05) is 34.6 Å². The molecule has 0 aromatic heterocycles. The van der Waals surface area contributed by atoms with Crippen LogP contribution in [0.3, 0.4) is 0 Å². The van der Waals surface area contributed by atoms with Crippen LogP contribution in [0.25, 0.3) is 0 Å². The molecule has 0 amide bonds. The Bertz CT molecular complexity index is 214. The van der Waals surface area contributed by atoms with Gasteiger partial charge in [-0.3, -0.25) is 0 Å². The summed E-state index contributed by atoms with van der Waals surface area (Å²) in [6.07, 6.45) is 0. The molecule has 96 valence electrons. The molecule has 0 aliphatic carbocycles. The van der Waals surface area contributed by atoms with E-state index >= 15 is 0 Å². The molecule has 0 aromatic rings.